The molecule has 0 radical (unpaired) electrons. The molecule has 1 atom stereocenters. The summed E-state index contributed by atoms with van der Waals surface area (Å²) in [6.45, 7) is -0.696. The van der Waals surface area contributed by atoms with E-state index in [-0.39, 0.29) is 6.42 Å². The highest BCUT2D eigenvalue weighted by Crippen LogP contribution is 2.19. The zero-order valence-electron chi connectivity index (χ0n) is 11.8. The highest BCUT2D eigenvalue weighted by Gasteiger charge is 2.42. The first-order chi connectivity index (χ1) is 10.6. The monoisotopic (exact) mass is 303 g/mol. The fourth-order valence-electron chi connectivity index (χ4n) is 2.07. The predicted molar refractivity (Wildman–Crippen MR) is 79.4 cm³/mol. The zero-order valence-corrected chi connectivity index (χ0v) is 11.8. The van der Waals surface area contributed by atoms with Gasteiger partial charge in [-0.2, -0.15) is 0 Å². The van der Waals surface area contributed by atoms with E-state index in [1.54, 1.807) is 48.8 Å². The van der Waals surface area contributed by atoms with E-state index in [0.29, 0.717) is 0 Å². The third kappa shape index (κ3) is 3.64. The normalized spacial score (nSPS) is 13.1. The first-order valence-corrected chi connectivity index (χ1v) is 6.63. The molecule has 0 aliphatic heterocycles. The summed E-state index contributed by atoms with van der Waals surface area (Å²) < 4.78 is 6.36. The van der Waals surface area contributed by atoms with Crippen LogP contribution in [0, 0.1) is 0 Å². The van der Waals surface area contributed by atoms with Gasteiger partial charge in [0.1, 0.15) is 0 Å². The molecule has 0 aliphatic rings. The van der Waals surface area contributed by atoms with Crippen molar-refractivity contribution in [3.63, 3.8) is 0 Å². The van der Waals surface area contributed by atoms with E-state index in [1.807, 2.05) is 6.07 Å². The lowest BCUT2D eigenvalue weighted by atomic mass is 9.94. The predicted octanol–water partition coefficient (Wildman–Crippen LogP) is 0.627. The molecular formula is C15H17N3O4. The summed E-state index contributed by atoms with van der Waals surface area (Å²) in [5, 5.41) is 9.68. The average molecular weight is 303 g/mol. The topological polar surface area (TPSA) is 107 Å². The number of hydrogen-bond acceptors (Lipinski definition) is 4. The lowest BCUT2D eigenvalue weighted by Crippen LogP contribution is -2.54. The third-order valence-electron chi connectivity index (χ3n) is 3.13. The number of nitrogens with one attached hydrogen (secondary N) is 1. The summed E-state index contributed by atoms with van der Waals surface area (Å²) in [5.41, 5.74) is 6.51. The summed E-state index contributed by atoms with van der Waals surface area (Å²) in [4.78, 5) is 23.7. The number of hydrogen-bond donors (Lipinski definition) is 3. The number of primary amides is 1. The van der Waals surface area contributed by atoms with Crippen molar-refractivity contribution in [3.8, 4) is 0 Å². The molecule has 1 unspecified atom stereocenters. The van der Waals surface area contributed by atoms with Crippen LogP contribution in [0.4, 0.5) is 4.79 Å². The smallest absolute Gasteiger partial charge is 0.405 e. The Morgan fingerprint density at radius 1 is 1.18 bits per heavy atom. The number of carbonyl (C=O) groups is 2. The third-order valence-corrected chi connectivity index (χ3v) is 3.13. The molecule has 2 rings (SSSR count). The van der Waals surface area contributed by atoms with Gasteiger partial charge in [-0.05, 0) is 17.7 Å². The molecule has 0 bridgehead atoms. The molecule has 1 aromatic heterocycles. The van der Waals surface area contributed by atoms with Crippen LogP contribution in [0.1, 0.15) is 5.56 Å². The molecule has 1 aromatic carbocycles. The molecule has 0 spiro atoms. The van der Waals surface area contributed by atoms with Gasteiger partial charge in [-0.1, -0.05) is 30.3 Å². The van der Waals surface area contributed by atoms with Gasteiger partial charge in [-0.3, -0.25) is 14.9 Å². The Kier molecular flexibility index (Phi) is 4.80. The number of benzene rings is 1. The van der Waals surface area contributed by atoms with Crippen LogP contribution in [-0.4, -0.2) is 34.0 Å². The van der Waals surface area contributed by atoms with Gasteiger partial charge in [-0.25, -0.2) is 4.79 Å². The maximum absolute atomic E-state index is 12.5. The number of aliphatic hydroxyl groups is 1. The standard InChI is InChI=1S/C15H17N3O4/c16-14(21)22-15(11-19,10-12-6-2-1-3-7-12)13(20)17-18-8-4-5-9-18/h1-9,19H,10-11H2,(H2,16,21)(H,17,20). The minimum atomic E-state index is -1.79. The zero-order chi connectivity index (χ0) is 16.0. The van der Waals surface area contributed by atoms with Crippen LogP contribution in [0.2, 0.25) is 0 Å². The SMILES string of the molecule is NC(=O)OC(CO)(Cc1ccccc1)C(=O)Nn1cccc1. The van der Waals surface area contributed by atoms with Crippen molar-refractivity contribution in [1.82, 2.24) is 4.68 Å². The van der Waals surface area contributed by atoms with Crippen LogP contribution in [0.15, 0.2) is 54.9 Å². The van der Waals surface area contributed by atoms with E-state index < -0.39 is 24.2 Å². The van der Waals surface area contributed by atoms with Crippen LogP contribution >= 0.6 is 0 Å². The van der Waals surface area contributed by atoms with Crippen LogP contribution in [0.5, 0.6) is 0 Å². The molecule has 1 heterocycles. The molecule has 22 heavy (non-hydrogen) atoms. The van der Waals surface area contributed by atoms with Crippen LogP contribution in [0.25, 0.3) is 0 Å². The van der Waals surface area contributed by atoms with Crippen LogP contribution in [0.3, 0.4) is 0 Å². The van der Waals surface area contributed by atoms with Crippen molar-refractivity contribution in [2.45, 2.75) is 12.0 Å². The van der Waals surface area contributed by atoms with Gasteiger partial charge >= 0.3 is 6.09 Å². The summed E-state index contributed by atoms with van der Waals surface area (Å²) in [7, 11) is 0. The van der Waals surface area contributed by atoms with E-state index in [2.05, 4.69) is 5.43 Å². The number of aromatic nitrogens is 1. The Balaban J connectivity index is 2.27. The van der Waals surface area contributed by atoms with E-state index in [4.69, 9.17) is 10.5 Å². The van der Waals surface area contributed by atoms with Crippen molar-refractivity contribution >= 4 is 12.0 Å². The van der Waals surface area contributed by atoms with Gasteiger partial charge in [0, 0.05) is 18.8 Å². The fourth-order valence-corrected chi connectivity index (χ4v) is 2.07. The molecule has 0 aliphatic carbocycles. The average Bonchev–Trinajstić information content (AvgIpc) is 3.00. The number of nitrogens with two attached hydrogens (primary N) is 1. The van der Waals surface area contributed by atoms with Gasteiger partial charge in [0.15, 0.2) is 0 Å². The molecule has 4 N–H and O–H groups in total. The number of ether oxygens (including phenoxy) is 1. The van der Waals surface area contributed by atoms with Crippen molar-refractivity contribution in [1.29, 1.82) is 0 Å². The van der Waals surface area contributed by atoms with Crippen LogP contribution < -0.4 is 11.2 Å². The minimum absolute atomic E-state index is 0.000379. The van der Waals surface area contributed by atoms with Gasteiger partial charge in [0.25, 0.3) is 5.91 Å². The number of rotatable bonds is 6. The highest BCUT2D eigenvalue weighted by molar-refractivity contribution is 5.93. The largest absolute Gasteiger partial charge is 0.430 e. The Labute approximate surface area is 127 Å². The lowest BCUT2D eigenvalue weighted by molar-refractivity contribution is -0.139. The summed E-state index contributed by atoms with van der Waals surface area (Å²) in [5.74, 6) is -0.672. The number of amides is 2. The Morgan fingerprint density at radius 3 is 2.36 bits per heavy atom. The summed E-state index contributed by atoms with van der Waals surface area (Å²) in [6, 6.07) is 12.3. The highest BCUT2D eigenvalue weighted by atomic mass is 16.6. The quantitative estimate of drug-likeness (QED) is 0.727. The number of aliphatic hydroxyl groups excluding tert-OH is 1. The van der Waals surface area contributed by atoms with E-state index in [9.17, 15) is 14.7 Å². The van der Waals surface area contributed by atoms with E-state index in [1.165, 1.54) is 4.68 Å². The lowest BCUT2D eigenvalue weighted by Gasteiger charge is -2.29. The molecule has 116 valence electrons. The minimum Gasteiger partial charge on any atom is -0.430 e. The first-order valence-electron chi connectivity index (χ1n) is 6.63. The molecule has 2 amide bonds. The van der Waals surface area contributed by atoms with Gasteiger partial charge < -0.3 is 15.6 Å². The van der Waals surface area contributed by atoms with Crippen molar-refractivity contribution in [2.24, 2.45) is 5.73 Å². The molecule has 7 heteroatoms. The van der Waals surface area contributed by atoms with Crippen molar-refractivity contribution in [2.75, 3.05) is 12.0 Å². The van der Waals surface area contributed by atoms with Gasteiger partial charge in [0.05, 0.1) is 6.61 Å². The second-order valence-electron chi connectivity index (χ2n) is 4.77. The fraction of sp³-hybridized carbons (Fsp3) is 0.200. The molecule has 0 saturated heterocycles. The number of carbonyl (C=O) groups excluding carboxylic acids is 2. The maximum atomic E-state index is 12.5. The second-order valence-corrected chi connectivity index (χ2v) is 4.77. The Hall–Kier alpha value is -2.80. The first kappa shape index (κ1) is 15.6. The summed E-state index contributed by atoms with van der Waals surface area (Å²) in [6.07, 6.45) is 2.08. The summed E-state index contributed by atoms with van der Waals surface area (Å²) >= 11 is 0. The Bertz CT molecular complexity index is 628. The van der Waals surface area contributed by atoms with Crippen molar-refractivity contribution < 1.29 is 19.4 Å². The van der Waals surface area contributed by atoms with E-state index in [0.717, 1.165) is 5.56 Å². The van der Waals surface area contributed by atoms with Gasteiger partial charge in [0.2, 0.25) is 5.60 Å². The van der Waals surface area contributed by atoms with Crippen LogP contribution in [-0.2, 0) is 16.0 Å². The molecule has 0 fully saturated rings. The Morgan fingerprint density at radius 2 is 1.82 bits per heavy atom. The van der Waals surface area contributed by atoms with Gasteiger partial charge in [-0.15, -0.1) is 0 Å². The van der Waals surface area contributed by atoms with E-state index >= 15 is 0 Å². The molecule has 2 aromatic rings. The number of nitrogens with zero attached hydrogens (tertiary/aromatic N) is 1. The molecule has 0 saturated carbocycles. The second kappa shape index (κ2) is 6.77. The van der Waals surface area contributed by atoms with Crippen molar-refractivity contribution in [3.05, 3.63) is 60.4 Å². The maximum Gasteiger partial charge on any atom is 0.405 e. The molecular weight excluding hydrogens is 286 g/mol. The molecule has 7 nitrogen and oxygen atoms in total.